The van der Waals surface area contributed by atoms with Gasteiger partial charge in [0.15, 0.2) is 5.41 Å². The zero-order chi connectivity index (χ0) is 24.1. The summed E-state index contributed by atoms with van der Waals surface area (Å²) in [5.41, 5.74) is 2.09. The van der Waals surface area contributed by atoms with E-state index >= 15 is 0 Å². The lowest BCUT2D eigenvalue weighted by Crippen LogP contribution is -2.48. The van der Waals surface area contributed by atoms with Crippen LogP contribution in [0.2, 0.25) is 0 Å². The van der Waals surface area contributed by atoms with Gasteiger partial charge in [0.25, 0.3) is 0 Å². The summed E-state index contributed by atoms with van der Waals surface area (Å²) in [6.45, 7) is 6.22. The minimum absolute atomic E-state index is 0.108. The molecule has 34 heavy (non-hydrogen) atoms. The third kappa shape index (κ3) is 3.83. The van der Waals surface area contributed by atoms with Crippen molar-refractivity contribution in [2.24, 2.45) is 22.7 Å². The summed E-state index contributed by atoms with van der Waals surface area (Å²) in [7, 11) is 0. The third-order valence-corrected chi connectivity index (χ3v) is 8.55. The van der Waals surface area contributed by atoms with E-state index < -0.39 is 17.4 Å². The molecule has 1 aliphatic heterocycles. The van der Waals surface area contributed by atoms with E-state index in [2.05, 4.69) is 35.0 Å². The first-order valence-electron chi connectivity index (χ1n) is 12.0. The molecule has 6 rings (SSSR count). The molecule has 2 atom stereocenters. The van der Waals surface area contributed by atoms with E-state index in [9.17, 15) is 19.8 Å². The molecule has 1 aromatic carbocycles. The van der Waals surface area contributed by atoms with E-state index in [0.29, 0.717) is 42.7 Å². The molecule has 2 N–H and O–H groups in total. The van der Waals surface area contributed by atoms with E-state index in [-0.39, 0.29) is 12.8 Å². The maximum absolute atomic E-state index is 11.5. The van der Waals surface area contributed by atoms with Gasteiger partial charge in [0.2, 0.25) is 11.7 Å². The maximum Gasteiger partial charge on any atom is 0.321 e. The maximum atomic E-state index is 11.5. The first-order valence-corrected chi connectivity index (χ1v) is 12.0. The molecule has 3 aliphatic carbocycles. The number of carboxylic acid groups (broad SMARTS) is 2. The Morgan fingerprint density at radius 1 is 1.12 bits per heavy atom. The van der Waals surface area contributed by atoms with Gasteiger partial charge in [0, 0.05) is 31.6 Å². The lowest BCUT2D eigenvalue weighted by Gasteiger charge is -2.56. The van der Waals surface area contributed by atoms with Crippen LogP contribution >= 0.6 is 0 Å². The Kier molecular flexibility index (Phi) is 5.59. The highest BCUT2D eigenvalue weighted by Crippen LogP contribution is 2.59. The number of hydrogen-bond donors (Lipinski definition) is 2. The summed E-state index contributed by atoms with van der Waals surface area (Å²) in [6, 6.07) is 7.93. The van der Waals surface area contributed by atoms with E-state index in [0.717, 1.165) is 29.9 Å². The van der Waals surface area contributed by atoms with Gasteiger partial charge < -0.3 is 14.7 Å². The smallest absolute Gasteiger partial charge is 0.321 e. The molecule has 2 fully saturated rings. The molecule has 1 unspecified atom stereocenters. The molecule has 2 heterocycles. The van der Waals surface area contributed by atoms with Crippen molar-refractivity contribution in [1.82, 2.24) is 15.0 Å². The summed E-state index contributed by atoms with van der Waals surface area (Å²) in [6.07, 6.45) is 5.71. The van der Waals surface area contributed by atoms with Crippen LogP contribution in [-0.2, 0) is 22.6 Å². The van der Waals surface area contributed by atoms with Crippen LogP contribution in [0, 0.1) is 22.7 Å². The molecule has 180 valence electrons. The number of carboxylic acids is 2. The number of piperidine rings is 1. The zero-order valence-corrected chi connectivity index (χ0v) is 19.7. The van der Waals surface area contributed by atoms with Crippen molar-refractivity contribution in [1.29, 1.82) is 0 Å². The van der Waals surface area contributed by atoms with Gasteiger partial charge in [0.1, 0.15) is 0 Å². The standard InChI is InChI=1S/C26H31N3O5/c1-25(2)19-8-7-18(20(25)14-19)13-21-27-22(28-34-21)17-5-3-16(4-6-17)15-29-11-9-26(10-12-29,23(30)31)24(32)33/h3-7,19-20H,8-15H2,1-2H3,(H,30,31)(H,32,33)/t19-,20?/m1/s1. The molecular weight excluding hydrogens is 434 g/mol. The lowest BCUT2D eigenvalue weighted by molar-refractivity contribution is -0.168. The fraction of sp³-hybridized carbons (Fsp3) is 0.538. The summed E-state index contributed by atoms with van der Waals surface area (Å²) >= 11 is 0. The van der Waals surface area contributed by atoms with Crippen LogP contribution in [0.5, 0.6) is 0 Å². The number of nitrogens with zero attached hydrogens (tertiary/aromatic N) is 3. The van der Waals surface area contributed by atoms with Crippen LogP contribution in [0.25, 0.3) is 11.4 Å². The minimum Gasteiger partial charge on any atom is -0.480 e. The molecule has 2 aromatic rings. The van der Waals surface area contributed by atoms with Gasteiger partial charge in [0.05, 0.1) is 0 Å². The molecule has 0 spiro atoms. The monoisotopic (exact) mass is 465 g/mol. The average Bonchev–Trinajstić information content (AvgIpc) is 3.28. The second-order valence-electron chi connectivity index (χ2n) is 10.7. The van der Waals surface area contributed by atoms with Crippen LogP contribution in [0.15, 0.2) is 40.4 Å². The first kappa shape index (κ1) is 22.8. The van der Waals surface area contributed by atoms with Crippen LogP contribution in [0.1, 0.15) is 51.0 Å². The van der Waals surface area contributed by atoms with Crippen LogP contribution < -0.4 is 0 Å². The minimum atomic E-state index is -1.67. The van der Waals surface area contributed by atoms with Crippen molar-refractivity contribution in [3.8, 4) is 11.4 Å². The molecule has 1 saturated carbocycles. The number of hydrogen-bond acceptors (Lipinski definition) is 6. The Hall–Kier alpha value is -3.00. The number of likely N-dealkylation sites (tertiary alicyclic amines) is 1. The lowest BCUT2D eigenvalue weighted by atomic mass is 9.48. The first-order chi connectivity index (χ1) is 16.2. The number of fused-ring (bicyclic) bond motifs is 1. The number of aromatic nitrogens is 2. The van der Waals surface area contributed by atoms with Gasteiger partial charge in [-0.05, 0) is 48.5 Å². The second kappa shape index (κ2) is 8.34. The van der Waals surface area contributed by atoms with Gasteiger partial charge in [-0.3, -0.25) is 14.5 Å². The van der Waals surface area contributed by atoms with Gasteiger partial charge >= 0.3 is 11.9 Å². The van der Waals surface area contributed by atoms with Crippen molar-refractivity contribution in [3.63, 3.8) is 0 Å². The predicted molar refractivity (Wildman–Crippen MR) is 124 cm³/mol. The number of allylic oxidation sites excluding steroid dienone is 2. The average molecular weight is 466 g/mol. The fourth-order valence-corrected chi connectivity index (χ4v) is 5.92. The van der Waals surface area contributed by atoms with Crippen molar-refractivity contribution < 1.29 is 24.3 Å². The molecule has 0 radical (unpaired) electrons. The quantitative estimate of drug-likeness (QED) is 0.465. The fourth-order valence-electron chi connectivity index (χ4n) is 5.92. The summed E-state index contributed by atoms with van der Waals surface area (Å²) in [5, 5.41) is 23.0. The van der Waals surface area contributed by atoms with Crippen molar-refractivity contribution in [3.05, 3.63) is 47.4 Å². The molecule has 8 nitrogen and oxygen atoms in total. The van der Waals surface area contributed by atoms with E-state index in [4.69, 9.17) is 4.52 Å². The Labute approximate surface area is 198 Å². The largest absolute Gasteiger partial charge is 0.480 e. The molecule has 8 heteroatoms. The van der Waals surface area contributed by atoms with E-state index in [1.807, 2.05) is 24.3 Å². The highest BCUT2D eigenvalue weighted by Gasteiger charge is 2.51. The zero-order valence-electron chi connectivity index (χ0n) is 19.7. The second-order valence-corrected chi connectivity index (χ2v) is 10.7. The van der Waals surface area contributed by atoms with Crippen molar-refractivity contribution in [2.75, 3.05) is 13.1 Å². The third-order valence-electron chi connectivity index (χ3n) is 8.55. The molecule has 1 aromatic heterocycles. The van der Waals surface area contributed by atoms with Gasteiger partial charge in [-0.25, -0.2) is 0 Å². The SMILES string of the molecule is CC1(C)C2C[C@H]1CC=C2Cc1nc(-c2ccc(CN3CCC(C(=O)O)(C(=O)O)CC3)cc2)no1. The molecular formula is C26H31N3O5. The number of aliphatic carboxylic acids is 2. The predicted octanol–water partition coefficient (Wildman–Crippen LogP) is 4.02. The number of carbonyl (C=O) groups is 2. The van der Waals surface area contributed by atoms with Crippen LogP contribution in [-0.4, -0.2) is 50.3 Å². The summed E-state index contributed by atoms with van der Waals surface area (Å²) < 4.78 is 5.56. The Morgan fingerprint density at radius 2 is 1.79 bits per heavy atom. The summed E-state index contributed by atoms with van der Waals surface area (Å²) in [4.78, 5) is 29.7. The molecule has 4 aliphatic rings. The molecule has 1 saturated heterocycles. The molecule has 0 amide bonds. The Bertz CT molecular complexity index is 1110. The van der Waals surface area contributed by atoms with Crippen molar-refractivity contribution in [2.45, 2.75) is 52.5 Å². The Morgan fingerprint density at radius 3 is 2.38 bits per heavy atom. The normalized spacial score (nSPS) is 25.3. The van der Waals surface area contributed by atoms with E-state index in [1.54, 1.807) is 0 Å². The molecule has 2 bridgehead atoms. The van der Waals surface area contributed by atoms with Crippen LogP contribution in [0.3, 0.4) is 0 Å². The highest BCUT2D eigenvalue weighted by atomic mass is 16.5. The van der Waals surface area contributed by atoms with Crippen molar-refractivity contribution >= 4 is 11.9 Å². The number of benzene rings is 1. The highest BCUT2D eigenvalue weighted by molar-refractivity contribution is 5.98. The number of rotatable bonds is 7. The van der Waals surface area contributed by atoms with Gasteiger partial charge in [-0.1, -0.05) is 54.9 Å². The van der Waals surface area contributed by atoms with E-state index in [1.165, 1.54) is 12.0 Å². The Balaban J connectivity index is 1.19. The van der Waals surface area contributed by atoms with Gasteiger partial charge in [-0.15, -0.1) is 0 Å². The summed E-state index contributed by atoms with van der Waals surface area (Å²) in [5.74, 6) is 0.161. The topological polar surface area (TPSA) is 117 Å². The van der Waals surface area contributed by atoms with Gasteiger partial charge in [-0.2, -0.15) is 4.98 Å². The van der Waals surface area contributed by atoms with Crippen LogP contribution in [0.4, 0.5) is 0 Å².